The Morgan fingerprint density at radius 1 is 1.32 bits per heavy atom. The molecule has 19 heavy (non-hydrogen) atoms. The van der Waals surface area contributed by atoms with Gasteiger partial charge in [-0.05, 0) is 76.9 Å². The monoisotopic (exact) mass is 268 g/mol. The molecule has 0 spiro atoms. The highest BCUT2D eigenvalue weighted by Gasteiger charge is 2.26. The van der Waals surface area contributed by atoms with E-state index in [4.69, 9.17) is 0 Å². The highest BCUT2D eigenvalue weighted by molar-refractivity contribution is 4.82. The summed E-state index contributed by atoms with van der Waals surface area (Å²) in [4.78, 5) is 2.63. The standard InChI is InChI=1S/C16H32N2O/c1-3-8-18-9-4-5-15(12-18)13(2)17-11-14-6-7-16(19)10-14/h13-17,19H,3-12H2,1-2H3. The van der Waals surface area contributed by atoms with E-state index in [-0.39, 0.29) is 6.10 Å². The van der Waals surface area contributed by atoms with Gasteiger partial charge in [-0.3, -0.25) is 0 Å². The fourth-order valence-corrected chi connectivity index (χ4v) is 3.77. The summed E-state index contributed by atoms with van der Waals surface area (Å²) in [5, 5.41) is 13.3. The Morgan fingerprint density at radius 2 is 2.16 bits per heavy atom. The molecular weight excluding hydrogens is 236 g/mol. The molecule has 0 radical (unpaired) electrons. The molecule has 2 aliphatic rings. The fraction of sp³-hybridized carbons (Fsp3) is 1.00. The van der Waals surface area contributed by atoms with Crippen LogP contribution in [0.4, 0.5) is 0 Å². The van der Waals surface area contributed by atoms with Crippen LogP contribution in [-0.4, -0.2) is 48.3 Å². The van der Waals surface area contributed by atoms with Gasteiger partial charge in [-0.15, -0.1) is 0 Å². The van der Waals surface area contributed by atoms with Crippen LogP contribution in [0.15, 0.2) is 0 Å². The van der Waals surface area contributed by atoms with Crippen molar-refractivity contribution < 1.29 is 5.11 Å². The number of aliphatic hydroxyl groups is 1. The molecule has 1 saturated carbocycles. The van der Waals surface area contributed by atoms with Gasteiger partial charge in [-0.25, -0.2) is 0 Å². The van der Waals surface area contributed by atoms with Gasteiger partial charge in [0.25, 0.3) is 0 Å². The van der Waals surface area contributed by atoms with Crippen LogP contribution in [0.1, 0.15) is 52.4 Å². The Bertz CT molecular complexity index is 257. The van der Waals surface area contributed by atoms with E-state index in [1.165, 1.54) is 45.3 Å². The highest BCUT2D eigenvalue weighted by Crippen LogP contribution is 2.25. The first-order valence-corrected chi connectivity index (χ1v) is 8.32. The van der Waals surface area contributed by atoms with E-state index in [9.17, 15) is 5.11 Å². The van der Waals surface area contributed by atoms with E-state index in [1.54, 1.807) is 0 Å². The summed E-state index contributed by atoms with van der Waals surface area (Å²) in [5.41, 5.74) is 0. The lowest BCUT2D eigenvalue weighted by Gasteiger charge is -2.36. The van der Waals surface area contributed by atoms with E-state index in [0.29, 0.717) is 12.0 Å². The zero-order valence-electron chi connectivity index (χ0n) is 12.8. The van der Waals surface area contributed by atoms with Crippen LogP contribution < -0.4 is 5.32 Å². The lowest BCUT2D eigenvalue weighted by molar-refractivity contribution is 0.148. The van der Waals surface area contributed by atoms with Crippen LogP contribution in [0.3, 0.4) is 0 Å². The van der Waals surface area contributed by atoms with Crippen molar-refractivity contribution in [1.29, 1.82) is 0 Å². The highest BCUT2D eigenvalue weighted by atomic mass is 16.3. The molecular formula is C16H32N2O. The molecule has 0 bridgehead atoms. The SMILES string of the molecule is CCCN1CCCC(C(C)NCC2CCC(O)C2)C1. The summed E-state index contributed by atoms with van der Waals surface area (Å²) in [6.45, 7) is 9.56. The largest absolute Gasteiger partial charge is 0.393 e. The number of piperidine rings is 1. The molecule has 1 saturated heterocycles. The number of nitrogens with one attached hydrogen (secondary N) is 1. The summed E-state index contributed by atoms with van der Waals surface area (Å²) in [5.74, 6) is 1.51. The summed E-state index contributed by atoms with van der Waals surface area (Å²) in [6, 6.07) is 0.623. The molecule has 4 atom stereocenters. The summed E-state index contributed by atoms with van der Waals surface area (Å²) in [7, 11) is 0. The van der Waals surface area contributed by atoms with Gasteiger partial charge in [0.15, 0.2) is 0 Å². The third kappa shape index (κ3) is 4.73. The van der Waals surface area contributed by atoms with Gasteiger partial charge < -0.3 is 15.3 Å². The fourth-order valence-electron chi connectivity index (χ4n) is 3.77. The van der Waals surface area contributed by atoms with Crippen LogP contribution in [-0.2, 0) is 0 Å². The lowest BCUT2D eigenvalue weighted by Crippen LogP contribution is -2.45. The van der Waals surface area contributed by atoms with Crippen LogP contribution in [0.25, 0.3) is 0 Å². The molecule has 0 amide bonds. The predicted octanol–water partition coefficient (Wildman–Crippen LogP) is 2.25. The topological polar surface area (TPSA) is 35.5 Å². The zero-order chi connectivity index (χ0) is 13.7. The van der Waals surface area contributed by atoms with Crippen LogP contribution in [0, 0.1) is 11.8 Å². The van der Waals surface area contributed by atoms with Crippen molar-refractivity contribution in [3.05, 3.63) is 0 Å². The zero-order valence-corrected chi connectivity index (χ0v) is 12.8. The summed E-state index contributed by atoms with van der Waals surface area (Å²) >= 11 is 0. The smallest absolute Gasteiger partial charge is 0.0543 e. The number of rotatable bonds is 6. The van der Waals surface area contributed by atoms with Gasteiger partial charge in [0.1, 0.15) is 0 Å². The maximum atomic E-state index is 9.57. The van der Waals surface area contributed by atoms with Crippen molar-refractivity contribution in [2.24, 2.45) is 11.8 Å². The van der Waals surface area contributed by atoms with Crippen molar-refractivity contribution in [3.8, 4) is 0 Å². The lowest BCUT2D eigenvalue weighted by atomic mass is 9.91. The van der Waals surface area contributed by atoms with Crippen molar-refractivity contribution in [3.63, 3.8) is 0 Å². The van der Waals surface area contributed by atoms with Crippen molar-refractivity contribution in [2.45, 2.75) is 64.5 Å². The Kier molecular flexibility index (Phi) is 6.11. The molecule has 1 aliphatic heterocycles. The van der Waals surface area contributed by atoms with Crippen molar-refractivity contribution >= 4 is 0 Å². The van der Waals surface area contributed by atoms with Crippen LogP contribution >= 0.6 is 0 Å². The van der Waals surface area contributed by atoms with E-state index in [1.807, 2.05) is 0 Å². The van der Waals surface area contributed by atoms with Gasteiger partial charge in [0.05, 0.1) is 6.10 Å². The molecule has 112 valence electrons. The Balaban J connectivity index is 1.68. The van der Waals surface area contributed by atoms with E-state index in [0.717, 1.165) is 25.3 Å². The second-order valence-electron chi connectivity index (χ2n) is 6.73. The van der Waals surface area contributed by atoms with Gasteiger partial charge in [0.2, 0.25) is 0 Å². The minimum Gasteiger partial charge on any atom is -0.393 e. The van der Waals surface area contributed by atoms with E-state index >= 15 is 0 Å². The molecule has 0 aromatic heterocycles. The van der Waals surface area contributed by atoms with Crippen LogP contribution in [0.2, 0.25) is 0 Å². The average Bonchev–Trinajstić information content (AvgIpc) is 2.82. The average molecular weight is 268 g/mol. The molecule has 0 aromatic rings. The number of hydrogen-bond donors (Lipinski definition) is 2. The summed E-state index contributed by atoms with van der Waals surface area (Å²) < 4.78 is 0. The molecule has 2 N–H and O–H groups in total. The molecule has 2 fully saturated rings. The molecule has 2 rings (SSSR count). The molecule has 4 unspecified atom stereocenters. The number of nitrogens with zero attached hydrogens (tertiary/aromatic N) is 1. The number of likely N-dealkylation sites (tertiary alicyclic amines) is 1. The molecule has 1 heterocycles. The summed E-state index contributed by atoms with van der Waals surface area (Å²) in [6.07, 6.45) is 7.19. The van der Waals surface area contributed by atoms with Gasteiger partial charge in [-0.1, -0.05) is 6.92 Å². The molecule has 3 heteroatoms. The minimum atomic E-state index is -0.0307. The third-order valence-corrected chi connectivity index (χ3v) is 5.03. The van der Waals surface area contributed by atoms with Crippen molar-refractivity contribution in [2.75, 3.05) is 26.2 Å². The first-order chi connectivity index (χ1) is 9.19. The first kappa shape index (κ1) is 15.3. The minimum absolute atomic E-state index is 0.0307. The second kappa shape index (κ2) is 7.61. The predicted molar refractivity (Wildman–Crippen MR) is 80.3 cm³/mol. The van der Waals surface area contributed by atoms with Gasteiger partial charge >= 0.3 is 0 Å². The maximum Gasteiger partial charge on any atom is 0.0543 e. The van der Waals surface area contributed by atoms with Crippen molar-refractivity contribution in [1.82, 2.24) is 10.2 Å². The molecule has 0 aromatic carbocycles. The third-order valence-electron chi connectivity index (χ3n) is 5.03. The molecule has 1 aliphatic carbocycles. The van der Waals surface area contributed by atoms with Gasteiger partial charge in [-0.2, -0.15) is 0 Å². The normalized spacial score (nSPS) is 34.6. The van der Waals surface area contributed by atoms with Gasteiger partial charge in [0, 0.05) is 12.6 Å². The first-order valence-electron chi connectivity index (χ1n) is 8.32. The number of hydrogen-bond acceptors (Lipinski definition) is 3. The number of aliphatic hydroxyl groups excluding tert-OH is 1. The second-order valence-corrected chi connectivity index (χ2v) is 6.73. The Morgan fingerprint density at radius 3 is 2.84 bits per heavy atom. The van der Waals surface area contributed by atoms with E-state index < -0.39 is 0 Å². The maximum absolute atomic E-state index is 9.57. The van der Waals surface area contributed by atoms with E-state index in [2.05, 4.69) is 24.1 Å². The Labute approximate surface area is 118 Å². The quantitative estimate of drug-likeness (QED) is 0.775. The Hall–Kier alpha value is -0.120. The molecule has 3 nitrogen and oxygen atoms in total. The van der Waals surface area contributed by atoms with Crippen LogP contribution in [0.5, 0.6) is 0 Å².